The van der Waals surface area contributed by atoms with Crippen LogP contribution in [0.3, 0.4) is 0 Å². The van der Waals surface area contributed by atoms with Crippen LogP contribution in [0, 0.1) is 20.8 Å². The van der Waals surface area contributed by atoms with Crippen LogP contribution in [0.1, 0.15) is 16.7 Å². The van der Waals surface area contributed by atoms with Gasteiger partial charge in [0, 0.05) is 17.6 Å². The van der Waals surface area contributed by atoms with E-state index in [1.807, 2.05) is 106 Å². The Bertz CT molecular complexity index is 1180. The minimum absolute atomic E-state index is 0.290. The summed E-state index contributed by atoms with van der Waals surface area (Å²) in [6.45, 7) is 5.95. The highest BCUT2D eigenvalue weighted by molar-refractivity contribution is 8.04. The predicted octanol–water partition coefficient (Wildman–Crippen LogP) is 5.63. The number of benzene rings is 3. The normalized spacial score (nSPS) is 13.9. The Morgan fingerprint density at radius 2 is 1.45 bits per heavy atom. The number of thioether (sulfide) groups is 1. The van der Waals surface area contributed by atoms with Gasteiger partial charge < -0.3 is 4.90 Å². The van der Waals surface area contributed by atoms with Crippen molar-refractivity contribution >= 4 is 35.0 Å². The molecule has 0 unspecified atom stereocenters. The van der Waals surface area contributed by atoms with E-state index in [1.54, 1.807) is 0 Å². The minimum atomic E-state index is -0.306. The molecule has 3 aromatic carbocycles. The lowest BCUT2D eigenvalue weighted by atomic mass is 10.1. The zero-order chi connectivity index (χ0) is 22.1. The summed E-state index contributed by atoms with van der Waals surface area (Å²) >= 11 is 1.34. The molecule has 0 fully saturated rings. The number of nitrogens with zero attached hydrogens (tertiary/aromatic N) is 2. The Labute approximate surface area is 187 Å². The van der Waals surface area contributed by atoms with E-state index in [9.17, 15) is 9.59 Å². The lowest BCUT2D eigenvalue weighted by Gasteiger charge is -2.22. The molecule has 0 aliphatic carbocycles. The molecular weight excluding hydrogens is 404 g/mol. The Balaban J connectivity index is 1.82. The molecule has 0 N–H and O–H groups in total. The summed E-state index contributed by atoms with van der Waals surface area (Å²) in [5.74, 6) is -0.596. The van der Waals surface area contributed by atoms with Crippen molar-refractivity contribution < 1.29 is 9.59 Å². The Morgan fingerprint density at radius 3 is 2.13 bits per heavy atom. The summed E-state index contributed by atoms with van der Waals surface area (Å²) < 4.78 is 0. The number of imide groups is 1. The smallest absolute Gasteiger partial charge is 0.283 e. The second-order valence-corrected chi connectivity index (χ2v) is 8.74. The topological polar surface area (TPSA) is 40.6 Å². The molecule has 0 atom stereocenters. The van der Waals surface area contributed by atoms with Gasteiger partial charge in [0.2, 0.25) is 0 Å². The summed E-state index contributed by atoms with van der Waals surface area (Å²) in [5.41, 5.74) is 4.98. The number of likely N-dealkylation sites (N-methyl/N-ethyl adjacent to an activating group) is 1. The van der Waals surface area contributed by atoms with Crippen LogP contribution in [-0.2, 0) is 9.59 Å². The molecular formula is C26H24N2O2S. The molecule has 1 aliphatic heterocycles. The molecule has 156 valence electrons. The van der Waals surface area contributed by atoms with Gasteiger partial charge in [-0.3, -0.25) is 9.59 Å². The number of carbonyl (C=O) groups is 2. The van der Waals surface area contributed by atoms with Gasteiger partial charge in [-0.05, 0) is 62.2 Å². The summed E-state index contributed by atoms with van der Waals surface area (Å²) in [7, 11) is 1.83. The summed E-state index contributed by atoms with van der Waals surface area (Å²) in [4.78, 5) is 31.7. The van der Waals surface area contributed by atoms with Gasteiger partial charge in [-0.25, -0.2) is 4.90 Å². The minimum Gasteiger partial charge on any atom is -0.339 e. The fourth-order valence-electron chi connectivity index (χ4n) is 3.59. The fraction of sp³-hybridized carbons (Fsp3) is 0.154. The fourth-order valence-corrected chi connectivity index (χ4v) is 4.59. The molecule has 1 aliphatic rings. The average Bonchev–Trinajstić information content (AvgIpc) is 3.01. The molecule has 1 heterocycles. The molecule has 31 heavy (non-hydrogen) atoms. The summed E-state index contributed by atoms with van der Waals surface area (Å²) in [6.07, 6.45) is 0. The van der Waals surface area contributed by atoms with E-state index >= 15 is 0 Å². The van der Waals surface area contributed by atoms with Gasteiger partial charge >= 0.3 is 0 Å². The third kappa shape index (κ3) is 3.89. The van der Waals surface area contributed by atoms with Gasteiger partial charge in [-0.1, -0.05) is 59.8 Å². The number of anilines is 2. The lowest BCUT2D eigenvalue weighted by molar-refractivity contribution is -0.120. The highest BCUT2D eigenvalue weighted by atomic mass is 32.2. The maximum atomic E-state index is 13.6. The number of amides is 2. The first-order valence-electron chi connectivity index (χ1n) is 10.1. The van der Waals surface area contributed by atoms with Gasteiger partial charge in [0.15, 0.2) is 0 Å². The van der Waals surface area contributed by atoms with Crippen molar-refractivity contribution in [2.75, 3.05) is 16.8 Å². The first-order chi connectivity index (χ1) is 14.9. The van der Waals surface area contributed by atoms with E-state index in [-0.39, 0.29) is 11.8 Å². The van der Waals surface area contributed by atoms with E-state index < -0.39 is 0 Å². The van der Waals surface area contributed by atoms with Crippen LogP contribution < -0.4 is 9.80 Å². The lowest BCUT2D eigenvalue weighted by Crippen LogP contribution is -2.34. The molecule has 0 aromatic heterocycles. The van der Waals surface area contributed by atoms with Crippen molar-refractivity contribution in [1.29, 1.82) is 0 Å². The van der Waals surface area contributed by atoms with E-state index in [1.165, 1.54) is 16.7 Å². The maximum Gasteiger partial charge on any atom is 0.283 e. The number of hydrogen-bond donors (Lipinski definition) is 0. The van der Waals surface area contributed by atoms with Crippen LogP contribution in [0.2, 0.25) is 0 Å². The Morgan fingerprint density at radius 1 is 0.774 bits per heavy atom. The molecule has 3 aromatic rings. The molecule has 4 rings (SSSR count). The maximum absolute atomic E-state index is 13.6. The van der Waals surface area contributed by atoms with E-state index in [0.29, 0.717) is 16.3 Å². The van der Waals surface area contributed by atoms with Crippen LogP contribution >= 0.6 is 11.8 Å². The second kappa shape index (κ2) is 8.44. The molecule has 0 bridgehead atoms. The first kappa shape index (κ1) is 20.9. The molecule has 5 heteroatoms. The van der Waals surface area contributed by atoms with Crippen molar-refractivity contribution in [2.24, 2.45) is 0 Å². The predicted molar refractivity (Wildman–Crippen MR) is 127 cm³/mol. The highest BCUT2D eigenvalue weighted by Gasteiger charge is 2.42. The molecule has 0 spiro atoms. The van der Waals surface area contributed by atoms with Crippen LogP contribution in [0.5, 0.6) is 0 Å². The zero-order valence-corrected chi connectivity index (χ0v) is 18.9. The number of hydrogen-bond acceptors (Lipinski definition) is 4. The van der Waals surface area contributed by atoms with Crippen LogP contribution in [0.4, 0.5) is 11.4 Å². The molecule has 4 nitrogen and oxygen atoms in total. The van der Waals surface area contributed by atoms with Gasteiger partial charge in [-0.15, -0.1) is 0 Å². The average molecular weight is 429 g/mol. The van der Waals surface area contributed by atoms with Crippen LogP contribution in [0.25, 0.3) is 0 Å². The third-order valence-corrected chi connectivity index (χ3v) is 6.63. The van der Waals surface area contributed by atoms with Crippen molar-refractivity contribution in [1.82, 2.24) is 0 Å². The quantitative estimate of drug-likeness (QED) is 0.494. The van der Waals surface area contributed by atoms with Crippen molar-refractivity contribution in [3.05, 3.63) is 100 Å². The highest BCUT2D eigenvalue weighted by Crippen LogP contribution is 2.40. The van der Waals surface area contributed by atoms with Crippen molar-refractivity contribution in [3.63, 3.8) is 0 Å². The van der Waals surface area contributed by atoms with E-state index in [0.717, 1.165) is 27.3 Å². The van der Waals surface area contributed by atoms with Crippen LogP contribution in [0.15, 0.2) is 88.3 Å². The monoisotopic (exact) mass is 428 g/mol. The second-order valence-electron chi connectivity index (χ2n) is 7.65. The number of para-hydroxylation sites is 1. The van der Waals surface area contributed by atoms with Gasteiger partial charge in [0.05, 0.1) is 5.69 Å². The van der Waals surface area contributed by atoms with Crippen molar-refractivity contribution in [3.8, 4) is 0 Å². The molecule has 0 radical (unpaired) electrons. The summed E-state index contributed by atoms with van der Waals surface area (Å²) in [5, 5.41) is 0. The van der Waals surface area contributed by atoms with Crippen molar-refractivity contribution in [2.45, 2.75) is 25.7 Å². The first-order valence-corrected chi connectivity index (χ1v) is 10.9. The van der Waals surface area contributed by atoms with E-state index in [4.69, 9.17) is 0 Å². The Hall–Kier alpha value is -3.31. The zero-order valence-electron chi connectivity index (χ0n) is 18.0. The number of aryl methyl sites for hydroxylation is 2. The Kier molecular flexibility index (Phi) is 5.70. The number of rotatable bonds is 5. The molecule has 2 amide bonds. The van der Waals surface area contributed by atoms with Gasteiger partial charge in [0.1, 0.15) is 10.6 Å². The number of carbonyl (C=O) groups excluding carboxylic acids is 2. The SMILES string of the molecule is Cc1ccc(SC2=C(N(C)c3ccccc3)C(=O)N(c3cccc(C)c3C)C2=O)cc1. The van der Waals surface area contributed by atoms with Crippen LogP contribution in [-0.4, -0.2) is 18.9 Å². The summed E-state index contributed by atoms with van der Waals surface area (Å²) in [6, 6.07) is 23.3. The largest absolute Gasteiger partial charge is 0.339 e. The van der Waals surface area contributed by atoms with Gasteiger partial charge in [0.25, 0.3) is 11.8 Å². The third-order valence-electron chi connectivity index (χ3n) is 5.55. The molecule has 0 saturated carbocycles. The molecule has 0 saturated heterocycles. The van der Waals surface area contributed by atoms with E-state index in [2.05, 4.69) is 0 Å². The standard InChI is InChI=1S/C26H24N2O2S/c1-17-13-15-21(16-14-17)31-24-23(27(4)20-10-6-5-7-11-20)25(29)28(26(24)30)22-12-8-9-18(2)19(22)3/h5-16H,1-4H3. The van der Waals surface area contributed by atoms with Gasteiger partial charge in [-0.2, -0.15) is 0 Å².